The van der Waals surface area contributed by atoms with Crippen LogP contribution in [0.4, 0.5) is 13.2 Å². The van der Waals surface area contributed by atoms with E-state index in [1.807, 2.05) is 6.92 Å². The Balaban J connectivity index is 2.54. The molecule has 1 rings (SSSR count). The lowest BCUT2D eigenvalue weighted by Gasteiger charge is -2.27. The van der Waals surface area contributed by atoms with Gasteiger partial charge in [-0.2, -0.15) is 23.5 Å². The maximum atomic E-state index is 12.7. The number of hydrogen-bond donors (Lipinski definition) is 0. The normalized spacial score (nSPS) is 19.8. The summed E-state index contributed by atoms with van der Waals surface area (Å²) in [6.07, 6.45) is -0.463. The highest BCUT2D eigenvalue weighted by Gasteiger charge is 2.49. The lowest BCUT2D eigenvalue weighted by atomic mass is 10.2. The number of rotatable bonds is 5. The maximum absolute atomic E-state index is 12.7. The van der Waals surface area contributed by atoms with Gasteiger partial charge in [-0.05, 0) is 6.42 Å². The van der Waals surface area contributed by atoms with Crippen molar-refractivity contribution in [3.05, 3.63) is 0 Å². The summed E-state index contributed by atoms with van der Waals surface area (Å²) < 4.78 is 38.1. The van der Waals surface area contributed by atoms with E-state index in [1.165, 1.54) is 6.19 Å². The van der Waals surface area contributed by atoms with E-state index in [4.69, 9.17) is 5.26 Å². The Morgan fingerprint density at radius 2 is 2.06 bits per heavy atom. The van der Waals surface area contributed by atoms with E-state index >= 15 is 0 Å². The average Bonchev–Trinajstić information content (AvgIpc) is 2.67. The second kappa shape index (κ2) is 5.75. The minimum Gasteiger partial charge on any atom is -0.263 e. The highest BCUT2D eigenvalue weighted by atomic mass is 19.4. The fourth-order valence-electron chi connectivity index (χ4n) is 1.68. The van der Waals surface area contributed by atoms with Gasteiger partial charge in [0.1, 0.15) is 6.34 Å². The van der Waals surface area contributed by atoms with Gasteiger partial charge in [-0.15, -0.1) is 0 Å². The molecule has 1 aliphatic rings. The van der Waals surface area contributed by atoms with E-state index in [2.05, 4.69) is 5.10 Å². The average molecular weight is 248 g/mol. The van der Waals surface area contributed by atoms with Crippen molar-refractivity contribution in [1.29, 1.82) is 5.26 Å². The van der Waals surface area contributed by atoms with Crippen LogP contribution in [0.1, 0.15) is 32.6 Å². The number of hydrazone groups is 1. The monoisotopic (exact) mass is 248 g/mol. The molecule has 0 saturated heterocycles. The van der Waals surface area contributed by atoms with E-state index < -0.39 is 12.3 Å². The van der Waals surface area contributed by atoms with Crippen molar-refractivity contribution in [2.75, 3.05) is 6.54 Å². The first-order valence-electron chi connectivity index (χ1n) is 5.56. The van der Waals surface area contributed by atoms with Gasteiger partial charge in [0, 0.05) is 6.54 Å². The summed E-state index contributed by atoms with van der Waals surface area (Å²) in [5.74, 6) is 0. The highest BCUT2D eigenvalue weighted by Crippen LogP contribution is 2.29. The zero-order chi connectivity index (χ0) is 12.9. The Morgan fingerprint density at radius 1 is 1.35 bits per heavy atom. The van der Waals surface area contributed by atoms with Gasteiger partial charge in [-0.25, -0.2) is 4.90 Å². The molecule has 1 atom stereocenters. The van der Waals surface area contributed by atoms with Crippen LogP contribution >= 0.6 is 0 Å². The predicted octanol–water partition coefficient (Wildman–Crippen LogP) is 2.50. The maximum Gasteiger partial charge on any atom is 0.430 e. The van der Waals surface area contributed by atoms with Gasteiger partial charge in [-0.3, -0.25) is 5.01 Å². The van der Waals surface area contributed by atoms with E-state index in [0.29, 0.717) is 11.3 Å². The molecule has 0 aliphatic carbocycles. The number of nitrogens with zero attached hydrogens (tertiary/aromatic N) is 4. The predicted molar refractivity (Wildman–Crippen MR) is 56.6 cm³/mol. The molecule has 17 heavy (non-hydrogen) atoms. The van der Waals surface area contributed by atoms with E-state index in [-0.39, 0.29) is 6.54 Å². The molecule has 4 nitrogen and oxygen atoms in total. The molecular weight excluding hydrogens is 233 g/mol. The molecule has 0 radical (unpaired) electrons. The van der Waals surface area contributed by atoms with Crippen LogP contribution in [0.2, 0.25) is 0 Å². The van der Waals surface area contributed by atoms with Gasteiger partial charge in [-0.1, -0.05) is 26.2 Å². The van der Waals surface area contributed by atoms with E-state index in [0.717, 1.165) is 30.6 Å². The molecule has 0 spiro atoms. The lowest BCUT2D eigenvalue weighted by molar-refractivity contribution is -0.201. The molecule has 0 amide bonds. The molecule has 0 aromatic rings. The second-order valence-electron chi connectivity index (χ2n) is 3.88. The number of unbranched alkanes of at least 4 members (excludes halogenated alkanes) is 3. The third kappa shape index (κ3) is 3.51. The van der Waals surface area contributed by atoms with Crippen LogP contribution in [-0.4, -0.2) is 35.1 Å². The molecular formula is C10H15F3N4. The van der Waals surface area contributed by atoms with Crippen LogP contribution in [0.5, 0.6) is 0 Å². The summed E-state index contributed by atoms with van der Waals surface area (Å²) in [6.45, 7) is 2.25. The zero-order valence-corrected chi connectivity index (χ0v) is 9.61. The summed E-state index contributed by atoms with van der Waals surface area (Å²) in [4.78, 5) is 0.528. The quantitative estimate of drug-likeness (QED) is 0.554. The zero-order valence-electron chi connectivity index (χ0n) is 9.61. The van der Waals surface area contributed by atoms with Crippen molar-refractivity contribution >= 4 is 6.34 Å². The number of halogens is 3. The lowest BCUT2D eigenvalue weighted by Crippen LogP contribution is -2.48. The Bertz CT molecular complexity index is 308. The summed E-state index contributed by atoms with van der Waals surface area (Å²) in [6, 6.07) is 0. The molecule has 96 valence electrons. The standard InChI is InChI=1S/C10H15F3N4/c1-2-3-4-5-6-17-9(10(11,12)13)16(7-14)8-15-17/h8-9H,2-6H2,1H3. The summed E-state index contributed by atoms with van der Waals surface area (Å²) in [5.41, 5.74) is 0. The summed E-state index contributed by atoms with van der Waals surface area (Å²) in [5, 5.41) is 13.1. The third-order valence-electron chi connectivity index (χ3n) is 2.52. The fraction of sp³-hybridized carbons (Fsp3) is 0.800. The summed E-state index contributed by atoms with van der Waals surface area (Å²) >= 11 is 0. The Kier molecular flexibility index (Phi) is 4.61. The van der Waals surface area contributed by atoms with Crippen molar-refractivity contribution in [3.8, 4) is 6.19 Å². The summed E-state index contributed by atoms with van der Waals surface area (Å²) in [7, 11) is 0. The molecule has 0 aromatic heterocycles. The van der Waals surface area contributed by atoms with Gasteiger partial charge in [0.2, 0.25) is 6.17 Å². The van der Waals surface area contributed by atoms with Crippen molar-refractivity contribution in [3.63, 3.8) is 0 Å². The van der Waals surface area contributed by atoms with Gasteiger partial charge < -0.3 is 0 Å². The Morgan fingerprint density at radius 3 is 2.59 bits per heavy atom. The van der Waals surface area contributed by atoms with Crippen molar-refractivity contribution < 1.29 is 13.2 Å². The number of alkyl halides is 3. The van der Waals surface area contributed by atoms with Crippen LogP contribution in [0.3, 0.4) is 0 Å². The number of nitriles is 1. The molecule has 1 unspecified atom stereocenters. The van der Waals surface area contributed by atoms with Crippen molar-refractivity contribution in [2.24, 2.45) is 5.10 Å². The highest BCUT2D eigenvalue weighted by molar-refractivity contribution is 5.59. The SMILES string of the molecule is CCCCCCN1N=CN(C#N)C1C(F)(F)F. The van der Waals surface area contributed by atoms with Gasteiger partial charge in [0.25, 0.3) is 0 Å². The molecule has 0 aromatic carbocycles. The molecule has 0 fully saturated rings. The molecule has 1 heterocycles. The first-order chi connectivity index (χ1) is 8.00. The van der Waals surface area contributed by atoms with Crippen LogP contribution in [0.15, 0.2) is 5.10 Å². The Hall–Kier alpha value is -1.45. The fourth-order valence-corrected chi connectivity index (χ4v) is 1.68. The third-order valence-corrected chi connectivity index (χ3v) is 2.52. The molecule has 7 heteroatoms. The Labute approximate surface area is 98.3 Å². The molecule has 0 N–H and O–H groups in total. The van der Waals surface area contributed by atoms with Crippen LogP contribution in [-0.2, 0) is 0 Å². The van der Waals surface area contributed by atoms with Crippen molar-refractivity contribution in [2.45, 2.75) is 44.9 Å². The minimum atomic E-state index is -4.48. The van der Waals surface area contributed by atoms with Crippen LogP contribution in [0, 0.1) is 11.5 Å². The van der Waals surface area contributed by atoms with Crippen LogP contribution < -0.4 is 0 Å². The largest absolute Gasteiger partial charge is 0.430 e. The van der Waals surface area contributed by atoms with Crippen LogP contribution in [0.25, 0.3) is 0 Å². The van der Waals surface area contributed by atoms with Crippen molar-refractivity contribution in [1.82, 2.24) is 9.91 Å². The van der Waals surface area contributed by atoms with Gasteiger partial charge in [0.05, 0.1) is 0 Å². The molecule has 0 saturated carbocycles. The first-order valence-corrected chi connectivity index (χ1v) is 5.56. The van der Waals surface area contributed by atoms with Gasteiger partial charge >= 0.3 is 6.18 Å². The number of hydrogen-bond acceptors (Lipinski definition) is 4. The first kappa shape index (κ1) is 13.6. The van der Waals surface area contributed by atoms with Gasteiger partial charge in [0.15, 0.2) is 6.19 Å². The van der Waals surface area contributed by atoms with E-state index in [1.54, 1.807) is 0 Å². The molecule has 1 aliphatic heterocycles. The van der Waals surface area contributed by atoms with E-state index in [9.17, 15) is 13.2 Å². The smallest absolute Gasteiger partial charge is 0.263 e. The minimum absolute atomic E-state index is 0.221. The molecule has 0 bridgehead atoms. The topological polar surface area (TPSA) is 42.6 Å². The second-order valence-corrected chi connectivity index (χ2v) is 3.88.